The highest BCUT2D eigenvalue weighted by molar-refractivity contribution is 5.69. The van der Waals surface area contributed by atoms with Gasteiger partial charge in [0.2, 0.25) is 0 Å². The Hall–Kier alpha value is -1.92. The van der Waals surface area contributed by atoms with Crippen LogP contribution in [-0.2, 0) is 4.74 Å². The van der Waals surface area contributed by atoms with Gasteiger partial charge in [-0.3, -0.25) is 0 Å². The number of carbonyl (C=O) groups excluding carboxylic acids is 1. The number of hydrogen-bond donors (Lipinski definition) is 0. The molecule has 0 bridgehead atoms. The summed E-state index contributed by atoms with van der Waals surface area (Å²) >= 11 is 0. The van der Waals surface area contributed by atoms with Gasteiger partial charge in [0.1, 0.15) is 11.4 Å². The van der Waals surface area contributed by atoms with Gasteiger partial charge in [-0.05, 0) is 32.6 Å². The molecule has 1 aromatic heterocycles. The van der Waals surface area contributed by atoms with Crippen LogP contribution in [0.3, 0.4) is 0 Å². The molecule has 2 heterocycles. The van der Waals surface area contributed by atoms with Crippen molar-refractivity contribution in [2.45, 2.75) is 26.4 Å². The molecule has 126 valence electrons. The van der Waals surface area contributed by atoms with Crippen molar-refractivity contribution in [2.75, 3.05) is 19.7 Å². The number of hydrogen-bond acceptors (Lipinski definition) is 4. The Morgan fingerprint density at radius 1 is 1.35 bits per heavy atom. The summed E-state index contributed by atoms with van der Waals surface area (Å²) in [5.74, 6) is -0.727. The fourth-order valence-corrected chi connectivity index (χ4v) is 3.06. The number of ether oxygens (including phenoxy) is 2. The molecule has 1 saturated heterocycles. The molecular formula is C16H20F2N2O3. The minimum absolute atomic E-state index is 0.180. The monoisotopic (exact) mass is 326 g/mol. The normalized spacial score (nSPS) is 26.0. The number of carbonyl (C=O) groups is 1. The first kappa shape index (κ1) is 16.0. The number of nitrogens with zero attached hydrogens (tertiary/aromatic N) is 2. The molecule has 23 heavy (non-hydrogen) atoms. The molecule has 1 aliphatic heterocycles. The van der Waals surface area contributed by atoms with Gasteiger partial charge in [0, 0.05) is 25.1 Å². The van der Waals surface area contributed by atoms with Crippen LogP contribution in [0, 0.1) is 29.4 Å². The number of pyridine rings is 1. The van der Waals surface area contributed by atoms with Crippen molar-refractivity contribution in [1.29, 1.82) is 0 Å². The third-order valence-electron chi connectivity index (χ3n) is 4.21. The van der Waals surface area contributed by atoms with Gasteiger partial charge >= 0.3 is 6.09 Å². The second kappa shape index (κ2) is 5.62. The van der Waals surface area contributed by atoms with Crippen LogP contribution in [0.5, 0.6) is 5.88 Å². The maximum atomic E-state index is 13.4. The predicted octanol–water partition coefficient (Wildman–Crippen LogP) is 2.85. The lowest BCUT2D eigenvalue weighted by atomic mass is 10.2. The Labute approximate surface area is 133 Å². The van der Waals surface area contributed by atoms with Gasteiger partial charge in [0.15, 0.2) is 5.82 Å². The van der Waals surface area contributed by atoms with E-state index in [1.165, 1.54) is 0 Å². The van der Waals surface area contributed by atoms with Crippen molar-refractivity contribution in [2.24, 2.45) is 17.8 Å². The third-order valence-corrected chi connectivity index (χ3v) is 4.21. The van der Waals surface area contributed by atoms with Crippen LogP contribution >= 0.6 is 0 Å². The Morgan fingerprint density at radius 2 is 2.00 bits per heavy atom. The third kappa shape index (κ3) is 3.54. The molecule has 7 heteroatoms. The van der Waals surface area contributed by atoms with Crippen LogP contribution in [0.2, 0.25) is 0 Å². The Bertz CT molecular complexity index is 606. The second-order valence-electron chi connectivity index (χ2n) is 7.13. The summed E-state index contributed by atoms with van der Waals surface area (Å²) in [6.45, 7) is 7.10. The topological polar surface area (TPSA) is 51.7 Å². The quantitative estimate of drug-likeness (QED) is 0.857. The van der Waals surface area contributed by atoms with E-state index in [4.69, 9.17) is 9.47 Å². The van der Waals surface area contributed by atoms with Crippen molar-refractivity contribution >= 4 is 6.09 Å². The number of piperidine rings is 1. The van der Waals surface area contributed by atoms with E-state index in [2.05, 4.69) is 4.98 Å². The van der Waals surface area contributed by atoms with Crippen molar-refractivity contribution in [3.63, 3.8) is 0 Å². The molecule has 5 nitrogen and oxygen atoms in total. The molecule has 1 aromatic rings. The van der Waals surface area contributed by atoms with Crippen molar-refractivity contribution in [1.82, 2.24) is 9.88 Å². The number of halogens is 2. The number of fused-ring (bicyclic) bond motifs is 1. The summed E-state index contributed by atoms with van der Waals surface area (Å²) in [6.07, 6.45) is 0.631. The summed E-state index contributed by atoms with van der Waals surface area (Å²) in [4.78, 5) is 17.3. The molecule has 1 amide bonds. The van der Waals surface area contributed by atoms with Crippen LogP contribution in [0.15, 0.2) is 12.3 Å². The lowest BCUT2D eigenvalue weighted by Gasteiger charge is -2.25. The number of rotatable bonds is 3. The van der Waals surface area contributed by atoms with Crippen LogP contribution in [0.25, 0.3) is 0 Å². The second-order valence-corrected chi connectivity index (χ2v) is 7.13. The molecule has 2 atom stereocenters. The molecule has 2 unspecified atom stereocenters. The highest BCUT2D eigenvalue weighted by Crippen LogP contribution is 2.51. The molecule has 2 aliphatic rings. The number of likely N-dealkylation sites (tertiary alicyclic amines) is 1. The maximum absolute atomic E-state index is 13.4. The van der Waals surface area contributed by atoms with E-state index >= 15 is 0 Å². The van der Waals surface area contributed by atoms with Gasteiger partial charge < -0.3 is 14.4 Å². The molecule has 2 fully saturated rings. The lowest BCUT2D eigenvalue weighted by Crippen LogP contribution is -2.37. The lowest BCUT2D eigenvalue weighted by molar-refractivity contribution is 0.0260. The zero-order valence-electron chi connectivity index (χ0n) is 13.4. The fraction of sp³-hybridized carbons (Fsp3) is 0.625. The largest absolute Gasteiger partial charge is 0.475 e. The summed E-state index contributed by atoms with van der Waals surface area (Å²) in [6, 6.07) is 0.750. The van der Waals surface area contributed by atoms with E-state index in [1.54, 1.807) is 4.90 Å². The van der Waals surface area contributed by atoms with Gasteiger partial charge in [-0.15, -0.1) is 0 Å². The van der Waals surface area contributed by atoms with Crippen LogP contribution in [0.4, 0.5) is 13.6 Å². The number of aromatic nitrogens is 1. The van der Waals surface area contributed by atoms with E-state index in [-0.39, 0.29) is 17.9 Å². The number of amides is 1. The van der Waals surface area contributed by atoms with Gasteiger partial charge in [0.25, 0.3) is 5.88 Å². The van der Waals surface area contributed by atoms with Crippen LogP contribution in [0.1, 0.15) is 20.8 Å². The molecule has 1 aliphatic carbocycles. The van der Waals surface area contributed by atoms with Crippen LogP contribution in [-0.4, -0.2) is 41.3 Å². The predicted molar refractivity (Wildman–Crippen MR) is 77.9 cm³/mol. The van der Waals surface area contributed by atoms with Crippen LogP contribution < -0.4 is 4.74 Å². The van der Waals surface area contributed by atoms with Gasteiger partial charge in [-0.2, -0.15) is 0 Å². The SMILES string of the molecule is CC(C)(C)OC(=O)N1CC2C(COc3ncc(F)cc3F)C2C1. The average molecular weight is 326 g/mol. The van der Waals surface area contributed by atoms with Gasteiger partial charge in [-0.1, -0.05) is 0 Å². The minimum Gasteiger partial charge on any atom is -0.475 e. The van der Waals surface area contributed by atoms with E-state index in [0.29, 0.717) is 31.5 Å². The van der Waals surface area contributed by atoms with E-state index in [0.717, 1.165) is 12.3 Å². The summed E-state index contributed by atoms with van der Waals surface area (Å²) < 4.78 is 36.9. The first-order chi connectivity index (χ1) is 10.7. The zero-order chi connectivity index (χ0) is 16.8. The van der Waals surface area contributed by atoms with Gasteiger partial charge in [0.05, 0.1) is 12.8 Å². The smallest absolute Gasteiger partial charge is 0.410 e. The molecule has 0 radical (unpaired) electrons. The summed E-state index contributed by atoms with van der Waals surface area (Å²) in [7, 11) is 0. The maximum Gasteiger partial charge on any atom is 0.410 e. The molecule has 0 N–H and O–H groups in total. The fourth-order valence-electron chi connectivity index (χ4n) is 3.06. The van der Waals surface area contributed by atoms with E-state index < -0.39 is 17.2 Å². The minimum atomic E-state index is -0.800. The molecule has 1 saturated carbocycles. The highest BCUT2D eigenvalue weighted by Gasteiger charge is 2.57. The molecule has 3 rings (SSSR count). The highest BCUT2D eigenvalue weighted by atomic mass is 19.1. The Balaban J connectivity index is 1.46. The van der Waals surface area contributed by atoms with E-state index in [9.17, 15) is 13.6 Å². The summed E-state index contributed by atoms with van der Waals surface area (Å²) in [5.41, 5.74) is -0.502. The summed E-state index contributed by atoms with van der Waals surface area (Å²) in [5, 5.41) is 0. The molecule has 0 aromatic carbocycles. The standard InChI is InChI=1S/C16H20F2N2O3/c1-16(2,3)23-15(21)20-6-10-11(7-20)12(10)8-22-14-13(18)4-9(17)5-19-14/h4-5,10-12H,6-8H2,1-3H3. The molecule has 0 spiro atoms. The zero-order valence-corrected chi connectivity index (χ0v) is 13.4. The van der Waals surface area contributed by atoms with Crippen molar-refractivity contribution in [3.05, 3.63) is 23.9 Å². The van der Waals surface area contributed by atoms with Gasteiger partial charge in [-0.25, -0.2) is 18.6 Å². The van der Waals surface area contributed by atoms with E-state index in [1.807, 2.05) is 20.8 Å². The average Bonchev–Trinajstić information content (AvgIpc) is 2.88. The first-order valence-corrected chi connectivity index (χ1v) is 7.66. The molecular weight excluding hydrogens is 306 g/mol. The van der Waals surface area contributed by atoms with Crippen molar-refractivity contribution < 1.29 is 23.0 Å². The first-order valence-electron chi connectivity index (χ1n) is 7.66. The Kier molecular flexibility index (Phi) is 3.90. The Morgan fingerprint density at radius 3 is 2.57 bits per heavy atom. The van der Waals surface area contributed by atoms with Crippen molar-refractivity contribution in [3.8, 4) is 5.88 Å².